The molecule has 0 saturated carbocycles. The molecule has 0 unspecified atom stereocenters. The molecule has 2 saturated heterocycles. The molecule has 2 aliphatic rings. The van der Waals surface area contributed by atoms with Gasteiger partial charge in [-0.15, -0.1) is 0 Å². The number of hydrogen-bond donors (Lipinski definition) is 0. The largest absolute Gasteiger partial charge is 0.302 e. The van der Waals surface area contributed by atoms with E-state index in [0.29, 0.717) is 0 Å². The standard InChI is InChI=1S/C10H20N2/c1-8(2)12-6-9-4-5-11(3)10(9)7-12/h8-10H,4-7H2,1-3H3/t9-,10+/m1/s1. The zero-order valence-corrected chi connectivity index (χ0v) is 8.45. The van der Waals surface area contributed by atoms with Gasteiger partial charge in [0.2, 0.25) is 0 Å². The zero-order chi connectivity index (χ0) is 8.72. The van der Waals surface area contributed by atoms with E-state index in [0.717, 1.165) is 18.0 Å². The Morgan fingerprint density at radius 1 is 1.25 bits per heavy atom. The summed E-state index contributed by atoms with van der Waals surface area (Å²) < 4.78 is 0. The van der Waals surface area contributed by atoms with E-state index in [2.05, 4.69) is 30.7 Å². The number of nitrogens with zero attached hydrogens (tertiary/aromatic N) is 2. The van der Waals surface area contributed by atoms with Crippen molar-refractivity contribution in [1.82, 2.24) is 9.80 Å². The van der Waals surface area contributed by atoms with Crippen LogP contribution in [0, 0.1) is 5.92 Å². The summed E-state index contributed by atoms with van der Waals surface area (Å²) in [6, 6.07) is 1.61. The molecule has 2 rings (SSSR count). The molecule has 2 fully saturated rings. The third-order valence-electron chi connectivity index (χ3n) is 3.58. The molecule has 2 heterocycles. The van der Waals surface area contributed by atoms with Crippen molar-refractivity contribution in [1.29, 1.82) is 0 Å². The van der Waals surface area contributed by atoms with E-state index in [4.69, 9.17) is 0 Å². The minimum atomic E-state index is 0.740. The van der Waals surface area contributed by atoms with Crippen LogP contribution in [0.15, 0.2) is 0 Å². The van der Waals surface area contributed by atoms with Crippen LogP contribution in [0.2, 0.25) is 0 Å². The van der Waals surface area contributed by atoms with Gasteiger partial charge in [-0.25, -0.2) is 0 Å². The average Bonchev–Trinajstić information content (AvgIpc) is 2.53. The van der Waals surface area contributed by atoms with Gasteiger partial charge in [0.1, 0.15) is 0 Å². The first kappa shape index (κ1) is 8.52. The third kappa shape index (κ3) is 1.27. The van der Waals surface area contributed by atoms with Crippen LogP contribution in [-0.2, 0) is 0 Å². The van der Waals surface area contributed by atoms with E-state index in [1.165, 1.54) is 26.1 Å². The van der Waals surface area contributed by atoms with Gasteiger partial charge in [-0.3, -0.25) is 4.90 Å². The molecule has 0 aromatic carbocycles. The molecule has 0 aromatic heterocycles. The molecular formula is C10H20N2. The highest BCUT2D eigenvalue weighted by Gasteiger charge is 2.39. The Morgan fingerprint density at radius 2 is 2.00 bits per heavy atom. The lowest BCUT2D eigenvalue weighted by molar-refractivity contribution is 0.227. The lowest BCUT2D eigenvalue weighted by atomic mass is 10.1. The fourth-order valence-corrected chi connectivity index (χ4v) is 2.63. The minimum Gasteiger partial charge on any atom is -0.302 e. The monoisotopic (exact) mass is 168 g/mol. The summed E-state index contributed by atoms with van der Waals surface area (Å²) in [5.74, 6) is 0.970. The van der Waals surface area contributed by atoms with Crippen molar-refractivity contribution in [2.75, 3.05) is 26.7 Å². The molecule has 2 nitrogen and oxygen atoms in total. The van der Waals surface area contributed by atoms with Crippen LogP contribution in [0.4, 0.5) is 0 Å². The lowest BCUT2D eigenvalue weighted by Gasteiger charge is -2.23. The van der Waals surface area contributed by atoms with Gasteiger partial charge in [0.25, 0.3) is 0 Å². The number of fused-ring (bicyclic) bond motifs is 1. The maximum absolute atomic E-state index is 2.62. The van der Waals surface area contributed by atoms with Crippen LogP contribution >= 0.6 is 0 Å². The van der Waals surface area contributed by atoms with E-state index in [9.17, 15) is 0 Å². The van der Waals surface area contributed by atoms with Gasteiger partial charge in [-0.05, 0) is 39.8 Å². The van der Waals surface area contributed by atoms with E-state index < -0.39 is 0 Å². The van der Waals surface area contributed by atoms with Crippen LogP contribution in [0.3, 0.4) is 0 Å². The van der Waals surface area contributed by atoms with Gasteiger partial charge in [0.05, 0.1) is 0 Å². The fourth-order valence-electron chi connectivity index (χ4n) is 2.63. The van der Waals surface area contributed by atoms with Crippen LogP contribution in [-0.4, -0.2) is 48.6 Å². The summed E-state index contributed by atoms with van der Waals surface area (Å²) >= 11 is 0. The van der Waals surface area contributed by atoms with E-state index >= 15 is 0 Å². The van der Waals surface area contributed by atoms with Crippen molar-refractivity contribution >= 4 is 0 Å². The van der Waals surface area contributed by atoms with Gasteiger partial charge >= 0.3 is 0 Å². The molecule has 0 radical (unpaired) electrons. The second-order valence-electron chi connectivity index (χ2n) is 4.64. The molecule has 0 amide bonds. The molecule has 2 aliphatic heterocycles. The Hall–Kier alpha value is -0.0800. The van der Waals surface area contributed by atoms with Crippen LogP contribution < -0.4 is 0 Å². The Balaban J connectivity index is 1.98. The summed E-state index contributed by atoms with van der Waals surface area (Å²) in [5.41, 5.74) is 0. The van der Waals surface area contributed by atoms with Crippen molar-refractivity contribution in [3.05, 3.63) is 0 Å². The first-order valence-electron chi connectivity index (χ1n) is 5.13. The van der Waals surface area contributed by atoms with Gasteiger partial charge in [0.15, 0.2) is 0 Å². The highest BCUT2D eigenvalue weighted by atomic mass is 15.3. The van der Waals surface area contributed by atoms with Crippen LogP contribution in [0.5, 0.6) is 0 Å². The number of likely N-dealkylation sites (N-methyl/N-ethyl adjacent to an activating group) is 1. The third-order valence-corrected chi connectivity index (χ3v) is 3.58. The van der Waals surface area contributed by atoms with Gasteiger partial charge in [-0.2, -0.15) is 0 Å². The second kappa shape index (κ2) is 3.00. The molecule has 0 aromatic rings. The Labute approximate surface area is 75.5 Å². The molecule has 0 bridgehead atoms. The van der Waals surface area contributed by atoms with Crippen molar-refractivity contribution < 1.29 is 0 Å². The number of likely N-dealkylation sites (tertiary alicyclic amines) is 2. The summed E-state index contributed by atoms with van der Waals surface area (Å²) in [6.45, 7) is 8.58. The summed E-state index contributed by atoms with van der Waals surface area (Å²) in [7, 11) is 2.27. The smallest absolute Gasteiger partial charge is 0.0261 e. The molecule has 2 atom stereocenters. The molecule has 70 valence electrons. The molecule has 12 heavy (non-hydrogen) atoms. The molecule has 0 spiro atoms. The molecule has 0 aliphatic carbocycles. The first-order chi connectivity index (χ1) is 5.68. The maximum Gasteiger partial charge on any atom is 0.0261 e. The Bertz CT molecular complexity index is 167. The number of hydrogen-bond acceptors (Lipinski definition) is 2. The highest BCUT2D eigenvalue weighted by molar-refractivity contribution is 4.95. The van der Waals surface area contributed by atoms with Crippen molar-refractivity contribution in [2.45, 2.75) is 32.4 Å². The van der Waals surface area contributed by atoms with Crippen LogP contribution in [0.1, 0.15) is 20.3 Å². The van der Waals surface area contributed by atoms with E-state index in [1.807, 2.05) is 0 Å². The Morgan fingerprint density at radius 3 is 2.58 bits per heavy atom. The zero-order valence-electron chi connectivity index (χ0n) is 8.45. The van der Waals surface area contributed by atoms with Crippen LogP contribution in [0.25, 0.3) is 0 Å². The number of rotatable bonds is 1. The molecule has 0 N–H and O–H groups in total. The SMILES string of the molecule is CC(C)N1C[C@H]2CCN(C)[C@H]2C1. The molecule has 2 heteroatoms. The van der Waals surface area contributed by atoms with Gasteiger partial charge in [0, 0.05) is 25.2 Å². The minimum absolute atomic E-state index is 0.740. The summed E-state index contributed by atoms with van der Waals surface area (Å²) in [4.78, 5) is 5.15. The predicted octanol–water partition coefficient (Wildman–Crippen LogP) is 1.03. The normalized spacial score (nSPS) is 38.0. The van der Waals surface area contributed by atoms with E-state index in [1.54, 1.807) is 0 Å². The summed E-state index contributed by atoms with van der Waals surface area (Å²) in [6.07, 6.45) is 1.42. The second-order valence-corrected chi connectivity index (χ2v) is 4.64. The average molecular weight is 168 g/mol. The quantitative estimate of drug-likeness (QED) is 0.577. The Kier molecular flexibility index (Phi) is 2.13. The van der Waals surface area contributed by atoms with Crippen molar-refractivity contribution in [3.8, 4) is 0 Å². The lowest BCUT2D eigenvalue weighted by Crippen LogP contribution is -2.34. The van der Waals surface area contributed by atoms with Gasteiger partial charge in [-0.1, -0.05) is 0 Å². The van der Waals surface area contributed by atoms with Crippen molar-refractivity contribution in [2.24, 2.45) is 5.92 Å². The topological polar surface area (TPSA) is 6.48 Å². The fraction of sp³-hybridized carbons (Fsp3) is 1.00. The highest BCUT2D eigenvalue weighted by Crippen LogP contribution is 2.30. The molecular weight excluding hydrogens is 148 g/mol. The van der Waals surface area contributed by atoms with Crippen molar-refractivity contribution in [3.63, 3.8) is 0 Å². The predicted molar refractivity (Wildman–Crippen MR) is 51.2 cm³/mol. The van der Waals surface area contributed by atoms with Gasteiger partial charge < -0.3 is 4.90 Å². The summed E-state index contributed by atoms with van der Waals surface area (Å²) in [5, 5.41) is 0. The maximum atomic E-state index is 2.62. The first-order valence-corrected chi connectivity index (χ1v) is 5.13. The van der Waals surface area contributed by atoms with E-state index in [-0.39, 0.29) is 0 Å².